The smallest absolute Gasteiger partial charge is 0.306 e. The number of ether oxygens (including phenoxy) is 1. The number of fused-ring (bicyclic) bond motifs is 1. The lowest BCUT2D eigenvalue weighted by Crippen LogP contribution is -2.24. The van der Waals surface area contributed by atoms with Crippen molar-refractivity contribution in [1.29, 1.82) is 0 Å². The summed E-state index contributed by atoms with van der Waals surface area (Å²) >= 11 is 3.00. The first kappa shape index (κ1) is 16.6. The highest BCUT2D eigenvalue weighted by Gasteiger charge is 2.08. The first-order valence-electron chi connectivity index (χ1n) is 7.53. The summed E-state index contributed by atoms with van der Waals surface area (Å²) in [5.74, 6) is -0.391. The van der Waals surface area contributed by atoms with E-state index in [0.717, 1.165) is 15.2 Å². The Morgan fingerprint density at radius 3 is 2.88 bits per heavy atom. The van der Waals surface area contributed by atoms with Crippen molar-refractivity contribution in [3.63, 3.8) is 0 Å². The van der Waals surface area contributed by atoms with Crippen molar-refractivity contribution < 1.29 is 14.3 Å². The quantitative estimate of drug-likeness (QED) is 0.516. The van der Waals surface area contributed by atoms with Crippen LogP contribution < -0.4 is 5.32 Å². The second-order valence-electron chi connectivity index (χ2n) is 5.11. The summed E-state index contributed by atoms with van der Waals surface area (Å²) in [5, 5.41) is 7.22. The zero-order valence-corrected chi connectivity index (χ0v) is 14.5. The Hall–Kier alpha value is -2.25. The minimum absolute atomic E-state index is 0.112. The molecule has 0 aliphatic heterocycles. The van der Waals surface area contributed by atoms with Crippen molar-refractivity contribution in [1.82, 2.24) is 10.3 Å². The molecule has 2 aromatic heterocycles. The molecule has 5 nitrogen and oxygen atoms in total. The predicted octanol–water partition coefficient (Wildman–Crippen LogP) is 3.61. The summed E-state index contributed by atoms with van der Waals surface area (Å²) in [7, 11) is 0. The van der Waals surface area contributed by atoms with Gasteiger partial charge in [-0.15, -0.1) is 11.3 Å². The van der Waals surface area contributed by atoms with Crippen molar-refractivity contribution in [2.45, 2.75) is 19.4 Å². The molecule has 3 rings (SSSR count). The summed E-state index contributed by atoms with van der Waals surface area (Å²) < 4.78 is 6.32. The number of amides is 1. The molecule has 0 unspecified atom stereocenters. The van der Waals surface area contributed by atoms with Gasteiger partial charge in [0.2, 0.25) is 0 Å². The molecule has 0 saturated carbocycles. The zero-order valence-electron chi connectivity index (χ0n) is 12.9. The van der Waals surface area contributed by atoms with Gasteiger partial charge >= 0.3 is 5.97 Å². The lowest BCUT2D eigenvalue weighted by molar-refractivity contribution is -0.145. The van der Waals surface area contributed by atoms with E-state index in [-0.39, 0.29) is 24.9 Å². The van der Waals surface area contributed by atoms with E-state index in [2.05, 4.69) is 10.3 Å². The lowest BCUT2D eigenvalue weighted by Gasteiger charge is -2.04. The van der Waals surface area contributed by atoms with Crippen LogP contribution in [0.2, 0.25) is 0 Å². The fourth-order valence-electron chi connectivity index (χ4n) is 2.13. The third-order valence-corrected chi connectivity index (χ3v) is 5.01. The molecule has 1 aromatic carbocycles. The molecule has 0 bridgehead atoms. The van der Waals surface area contributed by atoms with Crippen LogP contribution in [0.4, 0.5) is 0 Å². The first-order chi connectivity index (χ1) is 11.7. The van der Waals surface area contributed by atoms with Crippen molar-refractivity contribution in [3.05, 3.63) is 51.7 Å². The number of nitrogens with zero attached hydrogens (tertiary/aromatic N) is 1. The highest BCUT2D eigenvalue weighted by atomic mass is 32.1. The number of aromatic nitrogens is 1. The number of carbonyl (C=O) groups excluding carboxylic acids is 2. The van der Waals surface area contributed by atoms with Gasteiger partial charge in [-0.05, 0) is 30.0 Å². The van der Waals surface area contributed by atoms with Crippen molar-refractivity contribution in [2.75, 3.05) is 6.54 Å². The molecule has 0 aliphatic rings. The summed E-state index contributed by atoms with van der Waals surface area (Å²) in [4.78, 5) is 27.9. The van der Waals surface area contributed by atoms with Gasteiger partial charge in [-0.25, -0.2) is 4.98 Å². The van der Waals surface area contributed by atoms with Crippen molar-refractivity contribution in [3.8, 4) is 0 Å². The van der Waals surface area contributed by atoms with Crippen LogP contribution in [-0.2, 0) is 16.1 Å². The molecule has 0 fully saturated rings. The van der Waals surface area contributed by atoms with Crippen LogP contribution in [0, 0.1) is 0 Å². The van der Waals surface area contributed by atoms with Crippen LogP contribution in [0.15, 0.2) is 41.1 Å². The molecule has 124 valence electrons. The lowest BCUT2D eigenvalue weighted by atomic mass is 10.3. The van der Waals surface area contributed by atoms with Gasteiger partial charge in [0.1, 0.15) is 11.6 Å². The molecule has 0 spiro atoms. The highest BCUT2D eigenvalue weighted by molar-refractivity contribution is 7.18. The van der Waals surface area contributed by atoms with Crippen molar-refractivity contribution >= 4 is 44.8 Å². The number of nitrogens with one attached hydrogen (secondary N) is 1. The molecule has 24 heavy (non-hydrogen) atoms. The Morgan fingerprint density at radius 2 is 2.08 bits per heavy atom. The molecular weight excluding hydrogens is 344 g/mol. The molecular formula is C17H16N2O3S2. The average molecular weight is 360 g/mol. The summed E-state index contributed by atoms with van der Waals surface area (Å²) in [6, 6.07) is 9.59. The number of thiazole rings is 1. The summed E-state index contributed by atoms with van der Waals surface area (Å²) in [6.07, 6.45) is 0.823. The molecule has 1 amide bonds. The minimum atomic E-state index is -0.279. The third-order valence-electron chi connectivity index (χ3n) is 3.32. The molecule has 1 N–H and O–H groups in total. The molecule has 2 heterocycles. The minimum Gasteiger partial charge on any atom is -0.458 e. The number of para-hydroxylation sites is 1. The Labute approximate surface area is 147 Å². The molecule has 0 aliphatic carbocycles. The van der Waals surface area contributed by atoms with E-state index in [1.54, 1.807) is 11.4 Å². The fraction of sp³-hybridized carbons (Fsp3) is 0.235. The largest absolute Gasteiger partial charge is 0.458 e. The van der Waals surface area contributed by atoms with Gasteiger partial charge in [-0.2, -0.15) is 11.3 Å². The Balaban J connectivity index is 1.36. The number of thiophene rings is 1. The number of hydrogen-bond acceptors (Lipinski definition) is 6. The van der Waals surface area contributed by atoms with Gasteiger partial charge in [0.15, 0.2) is 0 Å². The zero-order chi connectivity index (χ0) is 16.8. The van der Waals surface area contributed by atoms with Gasteiger partial charge in [0.05, 0.1) is 10.2 Å². The van der Waals surface area contributed by atoms with Crippen LogP contribution in [0.25, 0.3) is 10.2 Å². The summed E-state index contributed by atoms with van der Waals surface area (Å²) in [6.45, 7) is 0.643. The van der Waals surface area contributed by atoms with E-state index in [9.17, 15) is 9.59 Å². The molecule has 0 atom stereocenters. The maximum Gasteiger partial charge on any atom is 0.306 e. The van der Waals surface area contributed by atoms with Crippen LogP contribution in [0.1, 0.15) is 28.2 Å². The first-order valence-corrected chi connectivity index (χ1v) is 9.29. The SMILES string of the molecule is O=C(CCCNC(=O)c1ccsc1)OCc1nc2ccccc2s1. The maximum atomic E-state index is 11.7. The maximum absolute atomic E-state index is 11.7. The molecule has 7 heteroatoms. The number of rotatable bonds is 7. The van der Waals surface area contributed by atoms with Gasteiger partial charge in [-0.1, -0.05) is 12.1 Å². The standard InChI is InChI=1S/C17H16N2O3S2/c20-16(6-3-8-18-17(21)12-7-9-23-11-12)22-10-15-19-13-4-1-2-5-14(13)24-15/h1-2,4-5,7,9,11H,3,6,8,10H2,(H,18,21). The molecule has 3 aromatic rings. The molecule has 0 radical (unpaired) electrons. The number of hydrogen-bond donors (Lipinski definition) is 1. The van der Waals surface area contributed by atoms with E-state index < -0.39 is 0 Å². The number of benzene rings is 1. The second kappa shape index (κ2) is 8.03. The molecule has 0 saturated heterocycles. The van der Waals surface area contributed by atoms with Gasteiger partial charge in [0.25, 0.3) is 5.91 Å². The van der Waals surface area contributed by atoms with Gasteiger partial charge in [0, 0.05) is 23.9 Å². The summed E-state index contributed by atoms with van der Waals surface area (Å²) in [5.41, 5.74) is 1.57. The van der Waals surface area contributed by atoms with E-state index in [1.807, 2.05) is 29.6 Å². The third kappa shape index (κ3) is 4.39. The van der Waals surface area contributed by atoms with Gasteiger partial charge < -0.3 is 10.1 Å². The monoisotopic (exact) mass is 360 g/mol. The van der Waals surface area contributed by atoms with Crippen LogP contribution in [0.3, 0.4) is 0 Å². The van der Waals surface area contributed by atoms with Crippen molar-refractivity contribution in [2.24, 2.45) is 0 Å². The van der Waals surface area contributed by atoms with Crippen LogP contribution in [0.5, 0.6) is 0 Å². The van der Waals surface area contributed by atoms with Crippen LogP contribution >= 0.6 is 22.7 Å². The van der Waals surface area contributed by atoms with E-state index in [0.29, 0.717) is 18.5 Å². The average Bonchev–Trinajstić information content (AvgIpc) is 3.25. The van der Waals surface area contributed by atoms with E-state index in [1.165, 1.54) is 22.7 Å². The second-order valence-corrected chi connectivity index (χ2v) is 7.00. The Bertz CT molecular complexity index is 794. The van der Waals surface area contributed by atoms with E-state index >= 15 is 0 Å². The van der Waals surface area contributed by atoms with E-state index in [4.69, 9.17) is 4.74 Å². The fourth-order valence-corrected chi connectivity index (χ4v) is 3.64. The van der Waals surface area contributed by atoms with Crippen LogP contribution in [-0.4, -0.2) is 23.4 Å². The number of carbonyl (C=O) groups is 2. The predicted molar refractivity (Wildman–Crippen MR) is 95.3 cm³/mol. The van der Waals surface area contributed by atoms with Gasteiger partial charge in [-0.3, -0.25) is 9.59 Å². The normalized spacial score (nSPS) is 10.7. The topological polar surface area (TPSA) is 68.3 Å². The Morgan fingerprint density at radius 1 is 1.21 bits per heavy atom. The number of esters is 1. The Kier molecular flexibility index (Phi) is 5.55. The highest BCUT2D eigenvalue weighted by Crippen LogP contribution is 2.22.